The molecule has 1 aromatic carbocycles. The molecule has 2 rings (SSSR count). The first-order chi connectivity index (χ1) is 9.40. The van der Waals surface area contributed by atoms with E-state index in [0.717, 1.165) is 35.2 Å². The van der Waals surface area contributed by atoms with Crippen molar-refractivity contribution in [2.45, 2.75) is 37.0 Å². The van der Waals surface area contributed by atoms with E-state index in [1.807, 2.05) is 18.2 Å². The van der Waals surface area contributed by atoms with Crippen LogP contribution in [0.4, 0.5) is 5.69 Å². The van der Waals surface area contributed by atoms with E-state index < -0.39 is 9.84 Å². The van der Waals surface area contributed by atoms with Gasteiger partial charge in [0.25, 0.3) is 0 Å². The molecule has 0 radical (unpaired) electrons. The monoisotopic (exact) mass is 361 g/mol. The predicted molar refractivity (Wildman–Crippen MR) is 85.2 cm³/mol. The minimum absolute atomic E-state index is 0.203. The third kappa shape index (κ3) is 3.88. The van der Waals surface area contributed by atoms with E-state index in [9.17, 15) is 8.42 Å². The number of ether oxygens (including phenoxy) is 1. The lowest BCUT2D eigenvalue weighted by atomic mass is 9.95. The highest BCUT2D eigenvalue weighted by Crippen LogP contribution is 2.30. The van der Waals surface area contributed by atoms with Gasteiger partial charge in [0.2, 0.25) is 0 Å². The molecule has 0 aliphatic heterocycles. The number of anilines is 1. The molecule has 0 spiro atoms. The quantitative estimate of drug-likeness (QED) is 0.894. The fourth-order valence-corrected chi connectivity index (χ4v) is 4.24. The van der Waals surface area contributed by atoms with Crippen molar-refractivity contribution in [3.05, 3.63) is 22.7 Å². The Morgan fingerprint density at radius 1 is 1.35 bits per heavy atom. The van der Waals surface area contributed by atoms with Crippen LogP contribution in [0.3, 0.4) is 0 Å². The number of hydrogen-bond acceptors (Lipinski definition) is 4. The molecule has 1 aliphatic carbocycles. The Balaban J connectivity index is 2.06. The summed E-state index contributed by atoms with van der Waals surface area (Å²) in [7, 11) is -1.31. The van der Waals surface area contributed by atoms with E-state index in [1.165, 1.54) is 6.26 Å². The van der Waals surface area contributed by atoms with E-state index >= 15 is 0 Å². The molecule has 0 aromatic heterocycles. The molecule has 0 heterocycles. The summed E-state index contributed by atoms with van der Waals surface area (Å²) in [6.45, 7) is 0. The molecular weight excluding hydrogens is 342 g/mol. The maximum Gasteiger partial charge on any atom is 0.150 e. The molecule has 0 saturated heterocycles. The fourth-order valence-electron chi connectivity index (χ4n) is 2.65. The first-order valence-electron chi connectivity index (χ1n) is 6.69. The van der Waals surface area contributed by atoms with Crippen LogP contribution in [0, 0.1) is 0 Å². The molecule has 0 bridgehead atoms. The Hall–Kier alpha value is -0.750. The van der Waals surface area contributed by atoms with Gasteiger partial charge in [0.05, 0.1) is 16.8 Å². The van der Waals surface area contributed by atoms with E-state index in [4.69, 9.17) is 4.74 Å². The van der Waals surface area contributed by atoms with Crippen molar-refractivity contribution in [2.75, 3.05) is 18.7 Å². The summed E-state index contributed by atoms with van der Waals surface area (Å²) in [5.74, 6) is 0.769. The molecule has 4 nitrogen and oxygen atoms in total. The molecule has 2 atom stereocenters. The van der Waals surface area contributed by atoms with Gasteiger partial charge in [0.1, 0.15) is 15.6 Å². The van der Waals surface area contributed by atoms with E-state index in [1.54, 1.807) is 7.11 Å². The zero-order valence-corrected chi connectivity index (χ0v) is 14.1. The Kier molecular flexibility index (Phi) is 4.96. The minimum atomic E-state index is -2.94. The molecule has 1 fully saturated rings. The number of benzene rings is 1. The topological polar surface area (TPSA) is 55.4 Å². The Morgan fingerprint density at radius 2 is 2.10 bits per heavy atom. The van der Waals surface area contributed by atoms with Crippen LogP contribution >= 0.6 is 15.9 Å². The van der Waals surface area contributed by atoms with Crippen LogP contribution in [0.1, 0.15) is 25.7 Å². The largest absolute Gasteiger partial charge is 0.495 e. The van der Waals surface area contributed by atoms with Gasteiger partial charge in [0, 0.05) is 24.1 Å². The van der Waals surface area contributed by atoms with Gasteiger partial charge in [0.15, 0.2) is 0 Å². The molecule has 1 aromatic rings. The second-order valence-corrected chi connectivity index (χ2v) is 8.49. The van der Waals surface area contributed by atoms with Gasteiger partial charge in [-0.1, -0.05) is 6.42 Å². The van der Waals surface area contributed by atoms with Crippen LogP contribution in [0.25, 0.3) is 0 Å². The van der Waals surface area contributed by atoms with Crippen molar-refractivity contribution in [2.24, 2.45) is 0 Å². The summed E-state index contributed by atoms with van der Waals surface area (Å²) in [6, 6.07) is 6.03. The third-order valence-electron chi connectivity index (χ3n) is 3.75. The van der Waals surface area contributed by atoms with Crippen molar-refractivity contribution in [3.8, 4) is 5.75 Å². The van der Waals surface area contributed by atoms with Crippen LogP contribution in [0.15, 0.2) is 22.7 Å². The Bertz CT molecular complexity index is 574. The predicted octanol–water partition coefficient (Wildman–Crippen LogP) is 3.23. The van der Waals surface area contributed by atoms with E-state index in [0.29, 0.717) is 6.42 Å². The molecule has 112 valence electrons. The smallest absolute Gasteiger partial charge is 0.150 e. The Labute approximate surface area is 129 Å². The summed E-state index contributed by atoms with van der Waals surface area (Å²) in [6.07, 6.45) is 4.74. The molecular formula is C14H20BrNO3S. The minimum Gasteiger partial charge on any atom is -0.495 e. The van der Waals surface area contributed by atoms with Crippen LogP contribution in [0.2, 0.25) is 0 Å². The summed E-state index contributed by atoms with van der Waals surface area (Å²) in [4.78, 5) is 0. The molecule has 2 unspecified atom stereocenters. The van der Waals surface area contributed by atoms with Gasteiger partial charge >= 0.3 is 0 Å². The zero-order chi connectivity index (χ0) is 14.8. The highest BCUT2D eigenvalue weighted by atomic mass is 79.9. The second kappa shape index (κ2) is 6.35. The summed E-state index contributed by atoms with van der Waals surface area (Å²) >= 11 is 3.42. The number of sulfone groups is 1. The maximum absolute atomic E-state index is 11.7. The summed E-state index contributed by atoms with van der Waals surface area (Å²) < 4.78 is 29.5. The lowest BCUT2D eigenvalue weighted by molar-refractivity contribution is 0.412. The first-order valence-corrected chi connectivity index (χ1v) is 9.44. The molecule has 1 saturated carbocycles. The summed E-state index contributed by atoms with van der Waals surface area (Å²) in [5, 5.41) is 3.20. The van der Waals surface area contributed by atoms with Gasteiger partial charge in [-0.2, -0.15) is 0 Å². The van der Waals surface area contributed by atoms with Crippen molar-refractivity contribution in [1.82, 2.24) is 0 Å². The van der Waals surface area contributed by atoms with Crippen LogP contribution in [-0.2, 0) is 9.84 Å². The standard InChI is InChI=1S/C14H20BrNO3S/c1-19-14-9-11(6-7-13(14)15)16-10-4-3-5-12(8-10)20(2,17)18/h6-7,9-10,12,16H,3-5,8H2,1-2H3. The maximum atomic E-state index is 11.7. The van der Waals surface area contributed by atoms with Gasteiger partial charge in [-0.3, -0.25) is 0 Å². The normalized spacial score (nSPS) is 23.4. The SMILES string of the molecule is COc1cc(NC2CCCC(S(C)(=O)=O)C2)ccc1Br. The molecule has 1 N–H and O–H groups in total. The van der Waals surface area contributed by atoms with Gasteiger partial charge in [-0.05, 0) is 47.3 Å². The van der Waals surface area contributed by atoms with Gasteiger partial charge in [-0.15, -0.1) is 0 Å². The third-order valence-corrected chi connectivity index (χ3v) is 6.05. The van der Waals surface area contributed by atoms with Gasteiger partial charge in [-0.25, -0.2) is 8.42 Å². The molecule has 0 amide bonds. The lowest BCUT2D eigenvalue weighted by Crippen LogP contribution is -2.34. The highest BCUT2D eigenvalue weighted by molar-refractivity contribution is 9.10. The average Bonchev–Trinajstić information content (AvgIpc) is 2.40. The second-order valence-electron chi connectivity index (χ2n) is 5.31. The fraction of sp³-hybridized carbons (Fsp3) is 0.571. The lowest BCUT2D eigenvalue weighted by Gasteiger charge is -2.29. The first kappa shape index (κ1) is 15.6. The van der Waals surface area contributed by atoms with E-state index in [-0.39, 0.29) is 11.3 Å². The van der Waals surface area contributed by atoms with Crippen molar-refractivity contribution < 1.29 is 13.2 Å². The van der Waals surface area contributed by atoms with Crippen LogP contribution in [0.5, 0.6) is 5.75 Å². The average molecular weight is 362 g/mol. The number of rotatable bonds is 4. The van der Waals surface area contributed by atoms with Crippen LogP contribution < -0.4 is 10.1 Å². The zero-order valence-electron chi connectivity index (χ0n) is 11.7. The van der Waals surface area contributed by atoms with Crippen molar-refractivity contribution >= 4 is 31.5 Å². The molecule has 6 heteroatoms. The van der Waals surface area contributed by atoms with Crippen molar-refractivity contribution in [1.29, 1.82) is 0 Å². The number of halogens is 1. The molecule has 1 aliphatic rings. The number of hydrogen-bond donors (Lipinski definition) is 1. The Morgan fingerprint density at radius 3 is 2.75 bits per heavy atom. The summed E-state index contributed by atoms with van der Waals surface area (Å²) in [5.41, 5.74) is 0.962. The van der Waals surface area contributed by atoms with Gasteiger partial charge < -0.3 is 10.1 Å². The van der Waals surface area contributed by atoms with Crippen LogP contribution in [-0.4, -0.2) is 33.1 Å². The number of methoxy groups -OCH3 is 1. The van der Waals surface area contributed by atoms with E-state index in [2.05, 4.69) is 21.2 Å². The molecule has 20 heavy (non-hydrogen) atoms. The van der Waals surface area contributed by atoms with Crippen molar-refractivity contribution in [3.63, 3.8) is 0 Å². The number of nitrogens with one attached hydrogen (secondary N) is 1. The highest BCUT2D eigenvalue weighted by Gasteiger charge is 2.28.